The summed E-state index contributed by atoms with van der Waals surface area (Å²) in [6.07, 6.45) is 0. The Morgan fingerprint density at radius 1 is 1.00 bits per heavy atom. The van der Waals surface area contributed by atoms with Crippen LogP contribution >= 0.6 is 11.3 Å². The van der Waals surface area contributed by atoms with Gasteiger partial charge in [-0.05, 0) is 18.1 Å². The second-order valence-corrected chi connectivity index (χ2v) is 7.52. The Kier molecular flexibility index (Phi) is 2.97. The van der Waals surface area contributed by atoms with E-state index >= 15 is 0 Å². The van der Waals surface area contributed by atoms with Crippen LogP contribution < -0.4 is 0 Å². The molecule has 0 N–H and O–H groups in total. The lowest BCUT2D eigenvalue weighted by molar-refractivity contribution is 0.104. The zero-order valence-electron chi connectivity index (χ0n) is 13.9. The molecule has 0 unspecified atom stereocenters. The number of nitrogens with zero attached hydrogens (tertiary/aromatic N) is 3. The lowest BCUT2D eigenvalue weighted by atomic mass is 10.0. The number of aromatic nitrogens is 3. The second-order valence-electron chi connectivity index (χ2n) is 6.51. The smallest absolute Gasteiger partial charge is 0.212 e. The fourth-order valence-corrected chi connectivity index (χ4v) is 4.35. The molecule has 2 aromatic heterocycles. The topological polar surface area (TPSA) is 47.8 Å². The first-order chi connectivity index (χ1) is 12.1. The molecule has 0 fully saturated rings. The number of hydrogen-bond donors (Lipinski definition) is 0. The van der Waals surface area contributed by atoms with E-state index in [4.69, 9.17) is 10.1 Å². The molecule has 122 valence electrons. The van der Waals surface area contributed by atoms with Crippen molar-refractivity contribution in [1.29, 1.82) is 0 Å². The van der Waals surface area contributed by atoms with Crippen molar-refractivity contribution in [2.45, 2.75) is 19.8 Å². The summed E-state index contributed by atoms with van der Waals surface area (Å²) in [6, 6.07) is 15.8. The maximum Gasteiger partial charge on any atom is 0.212 e. The average Bonchev–Trinajstić information content (AvgIpc) is 3.28. The number of hydrogen-bond acceptors (Lipinski definition) is 4. The summed E-state index contributed by atoms with van der Waals surface area (Å²) in [6.45, 7) is 4.14. The molecule has 0 spiro atoms. The molecule has 1 aliphatic carbocycles. The van der Waals surface area contributed by atoms with Gasteiger partial charge in [0.05, 0.1) is 27.2 Å². The number of benzene rings is 2. The third kappa shape index (κ3) is 1.96. The van der Waals surface area contributed by atoms with Crippen LogP contribution in [0.25, 0.3) is 26.6 Å². The van der Waals surface area contributed by atoms with Gasteiger partial charge in [-0.25, -0.2) is 9.67 Å². The normalized spacial score (nSPS) is 12.8. The van der Waals surface area contributed by atoms with Crippen molar-refractivity contribution in [2.24, 2.45) is 0 Å². The molecular weight excluding hydrogens is 330 g/mol. The first-order valence-electron chi connectivity index (χ1n) is 8.28. The Labute approximate surface area is 148 Å². The molecule has 0 saturated carbocycles. The van der Waals surface area contributed by atoms with Gasteiger partial charge in [0.2, 0.25) is 5.13 Å². The molecule has 0 amide bonds. The van der Waals surface area contributed by atoms with Crippen molar-refractivity contribution in [3.8, 4) is 16.4 Å². The molecule has 0 saturated heterocycles. The maximum absolute atomic E-state index is 13.0. The van der Waals surface area contributed by atoms with Crippen LogP contribution in [-0.4, -0.2) is 20.5 Å². The predicted octanol–water partition coefficient (Wildman–Crippen LogP) is 4.82. The van der Waals surface area contributed by atoms with Gasteiger partial charge in [0.1, 0.15) is 0 Å². The van der Waals surface area contributed by atoms with E-state index in [9.17, 15) is 4.79 Å². The summed E-state index contributed by atoms with van der Waals surface area (Å²) in [4.78, 5) is 17.7. The minimum absolute atomic E-state index is 0.0710. The number of thiazole rings is 1. The van der Waals surface area contributed by atoms with E-state index < -0.39 is 0 Å². The van der Waals surface area contributed by atoms with Crippen LogP contribution in [0.4, 0.5) is 0 Å². The average molecular weight is 345 g/mol. The number of fused-ring (bicyclic) bond motifs is 4. The Balaban J connectivity index is 1.84. The molecule has 4 nitrogen and oxygen atoms in total. The third-order valence-corrected chi connectivity index (χ3v) is 5.59. The number of carbonyl (C=O) groups is 1. The molecule has 1 aliphatic rings. The van der Waals surface area contributed by atoms with Crippen LogP contribution in [0.2, 0.25) is 0 Å². The van der Waals surface area contributed by atoms with E-state index in [0.717, 1.165) is 43.4 Å². The summed E-state index contributed by atoms with van der Waals surface area (Å²) < 4.78 is 2.98. The molecule has 4 aromatic rings. The maximum atomic E-state index is 13.0. The van der Waals surface area contributed by atoms with Crippen molar-refractivity contribution in [1.82, 2.24) is 14.8 Å². The van der Waals surface area contributed by atoms with Gasteiger partial charge in [0.15, 0.2) is 5.78 Å². The molecular formula is C20H15N3OS. The highest BCUT2D eigenvalue weighted by Gasteiger charge is 2.36. The Morgan fingerprint density at radius 2 is 1.72 bits per heavy atom. The molecule has 0 radical (unpaired) electrons. The minimum atomic E-state index is 0.0710. The van der Waals surface area contributed by atoms with Gasteiger partial charge < -0.3 is 0 Å². The molecule has 0 bridgehead atoms. The molecule has 25 heavy (non-hydrogen) atoms. The van der Waals surface area contributed by atoms with E-state index in [1.807, 2.05) is 47.1 Å². The lowest BCUT2D eigenvalue weighted by Crippen LogP contribution is -2.03. The van der Waals surface area contributed by atoms with Crippen LogP contribution in [-0.2, 0) is 0 Å². The molecule has 5 rings (SSSR count). The fraction of sp³-hybridized carbons (Fsp3) is 0.150. The van der Waals surface area contributed by atoms with Gasteiger partial charge in [0, 0.05) is 11.1 Å². The molecule has 0 atom stereocenters. The SMILES string of the molecule is CC(C)c1nn(-c2nc3ccccc3s2)c2c1C(=O)c1ccccc1-2. The van der Waals surface area contributed by atoms with Gasteiger partial charge in [0.25, 0.3) is 0 Å². The molecule has 2 aromatic carbocycles. The molecule has 0 aliphatic heterocycles. The van der Waals surface area contributed by atoms with Crippen molar-refractivity contribution in [3.63, 3.8) is 0 Å². The molecule has 5 heteroatoms. The highest BCUT2D eigenvalue weighted by molar-refractivity contribution is 7.20. The van der Waals surface area contributed by atoms with Crippen LogP contribution in [0.15, 0.2) is 48.5 Å². The zero-order chi connectivity index (χ0) is 17.1. The lowest BCUT2D eigenvalue weighted by Gasteiger charge is -2.04. The first-order valence-corrected chi connectivity index (χ1v) is 9.09. The van der Waals surface area contributed by atoms with E-state index in [0.29, 0.717) is 0 Å². The van der Waals surface area contributed by atoms with Crippen LogP contribution in [0, 0.1) is 0 Å². The van der Waals surface area contributed by atoms with Crippen molar-refractivity contribution < 1.29 is 4.79 Å². The van der Waals surface area contributed by atoms with Gasteiger partial charge in [-0.15, -0.1) is 0 Å². The highest BCUT2D eigenvalue weighted by Crippen LogP contribution is 2.42. The number of carbonyl (C=O) groups excluding carboxylic acids is 1. The predicted molar refractivity (Wildman–Crippen MR) is 99.7 cm³/mol. The summed E-state index contributed by atoms with van der Waals surface area (Å²) >= 11 is 1.60. The van der Waals surface area contributed by atoms with Crippen molar-refractivity contribution in [3.05, 3.63) is 65.4 Å². The quantitative estimate of drug-likeness (QED) is 0.461. The summed E-state index contributed by atoms with van der Waals surface area (Å²) in [5.41, 5.74) is 5.11. The summed E-state index contributed by atoms with van der Waals surface area (Å²) in [7, 11) is 0. The Morgan fingerprint density at radius 3 is 2.48 bits per heavy atom. The van der Waals surface area contributed by atoms with E-state index in [1.165, 1.54) is 0 Å². The molecule has 2 heterocycles. The highest BCUT2D eigenvalue weighted by atomic mass is 32.1. The summed E-state index contributed by atoms with van der Waals surface area (Å²) in [5.74, 6) is 0.240. The third-order valence-electron chi connectivity index (χ3n) is 4.58. The summed E-state index contributed by atoms with van der Waals surface area (Å²) in [5, 5.41) is 5.59. The second kappa shape index (κ2) is 5.10. The Bertz CT molecular complexity index is 1120. The van der Waals surface area contributed by atoms with Crippen LogP contribution in [0.1, 0.15) is 41.4 Å². The Hall–Kier alpha value is -2.79. The van der Waals surface area contributed by atoms with E-state index in [2.05, 4.69) is 19.9 Å². The van der Waals surface area contributed by atoms with Gasteiger partial charge in [-0.2, -0.15) is 5.10 Å². The number of ketones is 1. The monoisotopic (exact) mass is 345 g/mol. The zero-order valence-corrected chi connectivity index (χ0v) is 14.7. The largest absolute Gasteiger partial charge is 0.288 e. The van der Waals surface area contributed by atoms with Crippen LogP contribution in [0.3, 0.4) is 0 Å². The first kappa shape index (κ1) is 14.5. The van der Waals surface area contributed by atoms with Crippen molar-refractivity contribution >= 4 is 27.3 Å². The van der Waals surface area contributed by atoms with Crippen molar-refractivity contribution in [2.75, 3.05) is 0 Å². The fourth-order valence-electron chi connectivity index (χ4n) is 3.42. The van der Waals surface area contributed by atoms with Crippen LogP contribution in [0.5, 0.6) is 0 Å². The van der Waals surface area contributed by atoms with Gasteiger partial charge >= 0.3 is 0 Å². The van der Waals surface area contributed by atoms with Gasteiger partial charge in [-0.3, -0.25) is 4.79 Å². The van der Waals surface area contributed by atoms with Gasteiger partial charge in [-0.1, -0.05) is 61.6 Å². The number of para-hydroxylation sites is 1. The van der Waals surface area contributed by atoms with E-state index in [1.54, 1.807) is 11.3 Å². The van der Waals surface area contributed by atoms with E-state index in [-0.39, 0.29) is 11.7 Å². The number of rotatable bonds is 2. The standard InChI is InChI=1S/C20H15N3OS/c1-11(2)17-16-18(12-7-3-4-8-13(12)19(16)24)23(22-17)20-21-14-9-5-6-10-15(14)25-20/h3-11H,1-2H3. The minimum Gasteiger partial charge on any atom is -0.288 e.